The van der Waals surface area contributed by atoms with Gasteiger partial charge in [0.25, 0.3) is 0 Å². The highest BCUT2D eigenvalue weighted by molar-refractivity contribution is 7.88. The van der Waals surface area contributed by atoms with Gasteiger partial charge in [0.05, 0.1) is 5.75 Å². The molecule has 1 fully saturated rings. The van der Waals surface area contributed by atoms with Crippen molar-refractivity contribution in [2.24, 2.45) is 0 Å². The van der Waals surface area contributed by atoms with Crippen LogP contribution in [0.25, 0.3) is 0 Å². The van der Waals surface area contributed by atoms with Gasteiger partial charge in [-0.05, 0) is 32.3 Å². The number of sulfonamides is 1. The van der Waals surface area contributed by atoms with Crippen molar-refractivity contribution in [2.75, 3.05) is 13.1 Å². The van der Waals surface area contributed by atoms with Crippen LogP contribution in [0.1, 0.15) is 50.0 Å². The molecule has 24 heavy (non-hydrogen) atoms. The van der Waals surface area contributed by atoms with E-state index in [4.69, 9.17) is 0 Å². The van der Waals surface area contributed by atoms with Crippen LogP contribution >= 0.6 is 0 Å². The number of hydrogen-bond acceptors (Lipinski definition) is 3. The Balaban J connectivity index is 1.76. The lowest BCUT2D eigenvalue weighted by Crippen LogP contribution is -2.40. The zero-order valence-corrected chi connectivity index (χ0v) is 15.1. The van der Waals surface area contributed by atoms with Gasteiger partial charge in [0, 0.05) is 37.4 Å². The van der Waals surface area contributed by atoms with Crippen LogP contribution < -0.4 is 0 Å². The SMILES string of the molecule is CC(C)n1ccnc1[C@H]1CCCN(S(=O)(=O)Cc2ccccc2)C1. The quantitative estimate of drug-likeness (QED) is 0.835. The van der Waals surface area contributed by atoms with Gasteiger partial charge in [-0.2, -0.15) is 0 Å². The van der Waals surface area contributed by atoms with E-state index in [1.165, 1.54) is 0 Å². The maximum Gasteiger partial charge on any atom is 0.218 e. The van der Waals surface area contributed by atoms with E-state index in [0.29, 0.717) is 19.1 Å². The zero-order chi connectivity index (χ0) is 17.2. The van der Waals surface area contributed by atoms with Crippen molar-refractivity contribution in [1.82, 2.24) is 13.9 Å². The first-order valence-electron chi connectivity index (χ1n) is 8.52. The first-order valence-corrected chi connectivity index (χ1v) is 10.1. The van der Waals surface area contributed by atoms with Crippen LogP contribution in [0.4, 0.5) is 0 Å². The Labute approximate surface area is 144 Å². The lowest BCUT2D eigenvalue weighted by Gasteiger charge is -2.32. The first kappa shape index (κ1) is 17.2. The normalized spacial score (nSPS) is 19.7. The fraction of sp³-hybridized carbons (Fsp3) is 0.500. The summed E-state index contributed by atoms with van der Waals surface area (Å²) in [5, 5.41) is 0. The molecule has 6 heteroatoms. The van der Waals surface area contributed by atoms with Crippen LogP contribution in [-0.2, 0) is 15.8 Å². The predicted octanol–water partition coefficient (Wildman–Crippen LogP) is 3.17. The fourth-order valence-corrected chi connectivity index (χ4v) is 4.97. The molecule has 5 nitrogen and oxygen atoms in total. The molecular formula is C18H25N3O2S. The molecule has 0 bridgehead atoms. The summed E-state index contributed by atoms with van der Waals surface area (Å²) in [7, 11) is -3.30. The molecule has 1 aromatic carbocycles. The minimum absolute atomic E-state index is 0.0686. The Hall–Kier alpha value is -1.66. The monoisotopic (exact) mass is 347 g/mol. The minimum Gasteiger partial charge on any atom is -0.332 e. The summed E-state index contributed by atoms with van der Waals surface area (Å²) >= 11 is 0. The third-order valence-electron chi connectivity index (χ3n) is 4.59. The highest BCUT2D eigenvalue weighted by Crippen LogP contribution is 2.29. The molecule has 0 spiro atoms. The van der Waals surface area contributed by atoms with E-state index in [-0.39, 0.29) is 11.7 Å². The van der Waals surface area contributed by atoms with Crippen molar-refractivity contribution in [2.45, 2.75) is 44.4 Å². The van der Waals surface area contributed by atoms with Gasteiger partial charge in [-0.3, -0.25) is 0 Å². The topological polar surface area (TPSA) is 55.2 Å². The van der Waals surface area contributed by atoms with Crippen LogP contribution in [0.2, 0.25) is 0 Å². The molecule has 3 rings (SSSR count). The molecule has 0 N–H and O–H groups in total. The number of piperidine rings is 1. The van der Waals surface area contributed by atoms with Crippen LogP contribution in [0.5, 0.6) is 0 Å². The van der Waals surface area contributed by atoms with E-state index in [1.54, 1.807) is 4.31 Å². The van der Waals surface area contributed by atoms with Gasteiger partial charge in [-0.25, -0.2) is 17.7 Å². The van der Waals surface area contributed by atoms with Gasteiger partial charge in [0.2, 0.25) is 10.0 Å². The van der Waals surface area contributed by atoms with Crippen molar-refractivity contribution in [1.29, 1.82) is 0 Å². The maximum absolute atomic E-state index is 12.8. The van der Waals surface area contributed by atoms with E-state index >= 15 is 0 Å². The second-order valence-electron chi connectivity index (χ2n) is 6.73. The number of nitrogens with zero attached hydrogens (tertiary/aromatic N) is 3. The van der Waals surface area contributed by atoms with Gasteiger partial charge in [-0.1, -0.05) is 30.3 Å². The molecule has 0 saturated carbocycles. The summed E-state index contributed by atoms with van der Waals surface area (Å²) in [6.45, 7) is 5.38. The average molecular weight is 347 g/mol. The molecule has 1 aromatic heterocycles. The number of hydrogen-bond donors (Lipinski definition) is 0. The summed E-state index contributed by atoms with van der Waals surface area (Å²) in [6, 6.07) is 9.72. The molecule has 2 aromatic rings. The van der Waals surface area contributed by atoms with Gasteiger partial charge in [-0.15, -0.1) is 0 Å². The average Bonchev–Trinajstić information content (AvgIpc) is 3.05. The van der Waals surface area contributed by atoms with E-state index in [2.05, 4.69) is 23.4 Å². The van der Waals surface area contributed by atoms with Crippen LogP contribution in [0.3, 0.4) is 0 Å². The number of imidazole rings is 1. The Morgan fingerprint density at radius 1 is 1.25 bits per heavy atom. The smallest absolute Gasteiger partial charge is 0.218 e. The molecule has 1 aliphatic rings. The van der Waals surface area contributed by atoms with Crippen LogP contribution in [0, 0.1) is 0 Å². The van der Waals surface area contributed by atoms with Crippen LogP contribution in [0.15, 0.2) is 42.7 Å². The molecule has 1 atom stereocenters. The minimum atomic E-state index is -3.30. The summed E-state index contributed by atoms with van der Waals surface area (Å²) in [4.78, 5) is 4.50. The molecule has 0 aliphatic carbocycles. The van der Waals surface area contributed by atoms with E-state index in [0.717, 1.165) is 24.2 Å². The summed E-state index contributed by atoms with van der Waals surface area (Å²) in [6.07, 6.45) is 5.66. The van der Waals surface area contributed by atoms with Gasteiger partial charge in [0.1, 0.15) is 5.82 Å². The Morgan fingerprint density at radius 2 is 2.00 bits per heavy atom. The van der Waals surface area contributed by atoms with Gasteiger partial charge in [0.15, 0.2) is 0 Å². The van der Waals surface area contributed by atoms with E-state index in [9.17, 15) is 8.42 Å². The van der Waals surface area contributed by atoms with Crippen molar-refractivity contribution in [3.8, 4) is 0 Å². The fourth-order valence-electron chi connectivity index (χ4n) is 3.36. The van der Waals surface area contributed by atoms with E-state index < -0.39 is 10.0 Å². The molecular weight excluding hydrogens is 322 g/mol. The largest absolute Gasteiger partial charge is 0.332 e. The van der Waals surface area contributed by atoms with Crippen molar-refractivity contribution < 1.29 is 8.42 Å². The van der Waals surface area contributed by atoms with Crippen molar-refractivity contribution in [3.63, 3.8) is 0 Å². The highest BCUT2D eigenvalue weighted by atomic mass is 32.2. The van der Waals surface area contributed by atoms with Crippen molar-refractivity contribution in [3.05, 3.63) is 54.1 Å². The Morgan fingerprint density at radius 3 is 2.71 bits per heavy atom. The van der Waals surface area contributed by atoms with E-state index in [1.807, 2.05) is 42.7 Å². The summed E-state index contributed by atoms with van der Waals surface area (Å²) in [5.74, 6) is 1.24. The lowest BCUT2D eigenvalue weighted by molar-refractivity contribution is 0.302. The third kappa shape index (κ3) is 3.70. The third-order valence-corrected chi connectivity index (χ3v) is 6.41. The maximum atomic E-state index is 12.8. The molecule has 0 amide bonds. The predicted molar refractivity (Wildman–Crippen MR) is 95.2 cm³/mol. The molecule has 0 unspecified atom stereocenters. The summed E-state index contributed by atoms with van der Waals surface area (Å²) in [5.41, 5.74) is 0.836. The number of aromatic nitrogens is 2. The van der Waals surface area contributed by atoms with Crippen LogP contribution in [-0.4, -0.2) is 35.4 Å². The molecule has 1 aliphatic heterocycles. The molecule has 1 saturated heterocycles. The van der Waals surface area contributed by atoms with Gasteiger partial charge < -0.3 is 4.57 Å². The number of benzene rings is 1. The lowest BCUT2D eigenvalue weighted by atomic mass is 9.98. The van der Waals surface area contributed by atoms with Crippen molar-refractivity contribution >= 4 is 10.0 Å². The molecule has 0 radical (unpaired) electrons. The highest BCUT2D eigenvalue weighted by Gasteiger charge is 2.31. The summed E-state index contributed by atoms with van der Waals surface area (Å²) < 4.78 is 29.4. The zero-order valence-electron chi connectivity index (χ0n) is 14.3. The standard InChI is InChI=1S/C18H25N3O2S/c1-15(2)21-12-10-19-18(21)17-9-6-11-20(13-17)24(22,23)14-16-7-4-3-5-8-16/h3-5,7-8,10,12,15,17H,6,9,11,13-14H2,1-2H3/t17-/m0/s1. The molecule has 130 valence electrons. The first-order chi connectivity index (χ1) is 11.5. The second-order valence-corrected chi connectivity index (χ2v) is 8.69. The number of rotatable bonds is 5. The Bertz CT molecular complexity index is 769. The van der Waals surface area contributed by atoms with Gasteiger partial charge >= 0.3 is 0 Å². The molecule has 2 heterocycles. The second kappa shape index (κ2) is 7.07. The Kier molecular flexibility index (Phi) is 5.06.